The van der Waals surface area contributed by atoms with Crippen LogP contribution in [0.4, 0.5) is 10.7 Å². The third-order valence-electron chi connectivity index (χ3n) is 7.05. The van der Waals surface area contributed by atoms with Gasteiger partial charge in [-0.15, -0.1) is 0 Å². The summed E-state index contributed by atoms with van der Waals surface area (Å²) in [6, 6.07) is 0.476. The summed E-state index contributed by atoms with van der Waals surface area (Å²) in [4.78, 5) is 26.1. The SMILES string of the molecule is CC(C)(C)OC(=O)N1CCC[C@H](CN(c2ncc(B3OC(C)(C)C(C)(C)O3)cn2)C2CC2)C1. The average Bonchev–Trinajstić information content (AvgIpc) is 3.52. The minimum absolute atomic E-state index is 0.215. The van der Waals surface area contributed by atoms with Crippen LogP contribution in [0.25, 0.3) is 0 Å². The van der Waals surface area contributed by atoms with Gasteiger partial charge in [0.1, 0.15) is 5.60 Å². The quantitative estimate of drug-likeness (QED) is 0.626. The van der Waals surface area contributed by atoms with Crippen molar-refractivity contribution < 1.29 is 18.8 Å². The Bertz CT molecular complexity index is 835. The maximum atomic E-state index is 12.6. The molecule has 1 atom stereocenters. The monoisotopic (exact) mass is 458 g/mol. The first-order valence-electron chi connectivity index (χ1n) is 12.3. The number of hydrogen-bond acceptors (Lipinski definition) is 7. The summed E-state index contributed by atoms with van der Waals surface area (Å²) in [5, 5.41) is 0. The van der Waals surface area contributed by atoms with Gasteiger partial charge in [0.15, 0.2) is 0 Å². The van der Waals surface area contributed by atoms with E-state index in [4.69, 9.17) is 24.0 Å². The Balaban J connectivity index is 1.41. The number of nitrogens with zero attached hydrogens (tertiary/aromatic N) is 4. The van der Waals surface area contributed by atoms with Gasteiger partial charge in [-0.1, -0.05) is 0 Å². The predicted molar refractivity (Wildman–Crippen MR) is 129 cm³/mol. The van der Waals surface area contributed by atoms with Gasteiger partial charge in [0, 0.05) is 43.5 Å². The number of carbonyl (C=O) groups excluding carboxylic acids is 1. The molecule has 0 radical (unpaired) electrons. The molecule has 1 aromatic heterocycles. The Labute approximate surface area is 198 Å². The molecule has 182 valence electrons. The molecule has 0 aromatic carbocycles. The second-order valence-electron chi connectivity index (χ2n) is 11.7. The van der Waals surface area contributed by atoms with E-state index < -0.39 is 23.9 Å². The second-order valence-corrected chi connectivity index (χ2v) is 11.7. The fraction of sp³-hybridized carbons (Fsp3) is 0.792. The molecule has 1 amide bonds. The molecule has 8 nitrogen and oxygen atoms in total. The number of piperidine rings is 1. The molecule has 0 spiro atoms. The number of carbonyl (C=O) groups is 1. The normalized spacial score (nSPS) is 24.6. The predicted octanol–water partition coefficient (Wildman–Crippen LogP) is 3.39. The van der Waals surface area contributed by atoms with Crippen LogP contribution in [0.5, 0.6) is 0 Å². The van der Waals surface area contributed by atoms with Crippen molar-refractivity contribution in [1.29, 1.82) is 0 Å². The second kappa shape index (κ2) is 8.73. The Kier molecular flexibility index (Phi) is 6.42. The van der Waals surface area contributed by atoms with E-state index in [0.717, 1.165) is 50.2 Å². The van der Waals surface area contributed by atoms with E-state index in [-0.39, 0.29) is 6.09 Å². The molecular weight excluding hydrogens is 419 g/mol. The fourth-order valence-electron chi connectivity index (χ4n) is 4.35. The summed E-state index contributed by atoms with van der Waals surface area (Å²) in [5.74, 6) is 1.12. The molecule has 2 aliphatic heterocycles. The van der Waals surface area contributed by atoms with Crippen molar-refractivity contribution in [3.05, 3.63) is 12.4 Å². The van der Waals surface area contributed by atoms with Crippen molar-refractivity contribution in [1.82, 2.24) is 14.9 Å². The van der Waals surface area contributed by atoms with Gasteiger partial charge in [-0.3, -0.25) is 0 Å². The molecule has 2 saturated heterocycles. The highest BCUT2D eigenvalue weighted by Gasteiger charge is 2.52. The molecule has 0 bridgehead atoms. The standard InChI is InChI=1S/C24H39BN4O4/c1-22(2,3)31-21(30)28-12-8-9-17(15-28)16-29(19-10-11-19)20-26-13-18(14-27-20)25-32-23(4,5)24(6,7)33-25/h13-14,17,19H,8-12,15-16H2,1-7H3/t17-/m0/s1. The highest BCUT2D eigenvalue weighted by molar-refractivity contribution is 6.61. The zero-order chi connectivity index (χ0) is 24.0. The van der Waals surface area contributed by atoms with E-state index in [1.807, 2.05) is 65.8 Å². The summed E-state index contributed by atoms with van der Waals surface area (Å²) in [6.45, 7) is 16.2. The first-order valence-corrected chi connectivity index (χ1v) is 12.3. The van der Waals surface area contributed by atoms with Crippen molar-refractivity contribution >= 4 is 24.6 Å². The number of amides is 1. The van der Waals surface area contributed by atoms with E-state index in [9.17, 15) is 4.79 Å². The fourth-order valence-corrected chi connectivity index (χ4v) is 4.35. The first-order chi connectivity index (χ1) is 15.3. The zero-order valence-electron chi connectivity index (χ0n) is 21.3. The molecule has 9 heteroatoms. The topological polar surface area (TPSA) is 77.0 Å². The van der Waals surface area contributed by atoms with Gasteiger partial charge < -0.3 is 23.8 Å². The van der Waals surface area contributed by atoms with Gasteiger partial charge in [-0.05, 0) is 80.1 Å². The van der Waals surface area contributed by atoms with E-state index in [1.165, 1.54) is 0 Å². The summed E-state index contributed by atoms with van der Waals surface area (Å²) in [5.41, 5.74) is -0.423. The largest absolute Gasteiger partial charge is 0.498 e. The van der Waals surface area contributed by atoms with Gasteiger partial charge in [0.05, 0.1) is 11.2 Å². The molecule has 3 aliphatic rings. The molecule has 3 heterocycles. The Morgan fingerprint density at radius 3 is 2.30 bits per heavy atom. The molecular formula is C24H39BN4O4. The third-order valence-corrected chi connectivity index (χ3v) is 7.05. The number of aromatic nitrogens is 2. The number of rotatable bonds is 5. The van der Waals surface area contributed by atoms with Crippen molar-refractivity contribution in [2.45, 2.75) is 97.0 Å². The maximum absolute atomic E-state index is 12.6. The van der Waals surface area contributed by atoms with E-state index in [2.05, 4.69) is 4.90 Å². The lowest BCUT2D eigenvalue weighted by Crippen LogP contribution is -2.46. The van der Waals surface area contributed by atoms with Crippen molar-refractivity contribution in [2.75, 3.05) is 24.5 Å². The van der Waals surface area contributed by atoms with Gasteiger partial charge in [0.2, 0.25) is 5.95 Å². The molecule has 4 rings (SSSR count). The number of likely N-dealkylation sites (tertiary alicyclic amines) is 1. The number of anilines is 1. The Hall–Kier alpha value is -1.87. The summed E-state index contributed by atoms with van der Waals surface area (Å²) in [7, 11) is -0.459. The Morgan fingerprint density at radius 2 is 1.76 bits per heavy atom. The lowest BCUT2D eigenvalue weighted by Gasteiger charge is -2.36. The number of hydrogen-bond donors (Lipinski definition) is 0. The summed E-state index contributed by atoms with van der Waals surface area (Å²) in [6.07, 6.45) is 7.84. The van der Waals surface area contributed by atoms with Crippen molar-refractivity contribution in [3.63, 3.8) is 0 Å². The van der Waals surface area contributed by atoms with Gasteiger partial charge in [0.25, 0.3) is 0 Å². The molecule has 1 aliphatic carbocycles. The highest BCUT2D eigenvalue weighted by atomic mass is 16.7. The van der Waals surface area contributed by atoms with Crippen molar-refractivity contribution in [2.24, 2.45) is 5.92 Å². The van der Waals surface area contributed by atoms with Crippen LogP contribution in [0, 0.1) is 5.92 Å². The van der Waals surface area contributed by atoms with Crippen LogP contribution < -0.4 is 10.4 Å². The zero-order valence-corrected chi connectivity index (χ0v) is 21.3. The summed E-state index contributed by atoms with van der Waals surface area (Å²) >= 11 is 0. The van der Waals surface area contributed by atoms with Crippen LogP contribution in [0.2, 0.25) is 0 Å². The number of ether oxygens (including phenoxy) is 1. The molecule has 1 aromatic rings. The van der Waals surface area contributed by atoms with E-state index in [0.29, 0.717) is 18.5 Å². The van der Waals surface area contributed by atoms with Crippen LogP contribution in [0.1, 0.15) is 74.1 Å². The lowest BCUT2D eigenvalue weighted by molar-refractivity contribution is 0.00578. The lowest BCUT2D eigenvalue weighted by atomic mass is 9.81. The minimum Gasteiger partial charge on any atom is -0.444 e. The van der Waals surface area contributed by atoms with Crippen LogP contribution in [-0.2, 0) is 14.0 Å². The molecule has 0 unspecified atom stereocenters. The van der Waals surface area contributed by atoms with Gasteiger partial charge in [-0.2, -0.15) is 0 Å². The van der Waals surface area contributed by atoms with E-state index >= 15 is 0 Å². The summed E-state index contributed by atoms with van der Waals surface area (Å²) < 4.78 is 17.9. The maximum Gasteiger partial charge on any atom is 0.498 e. The average molecular weight is 458 g/mol. The Morgan fingerprint density at radius 1 is 1.15 bits per heavy atom. The molecule has 3 fully saturated rings. The minimum atomic E-state index is -0.475. The highest BCUT2D eigenvalue weighted by Crippen LogP contribution is 2.36. The first kappa shape index (κ1) is 24.3. The van der Waals surface area contributed by atoms with Crippen molar-refractivity contribution in [3.8, 4) is 0 Å². The molecule has 1 saturated carbocycles. The van der Waals surface area contributed by atoms with Crippen LogP contribution in [0.3, 0.4) is 0 Å². The van der Waals surface area contributed by atoms with Gasteiger partial charge in [-0.25, -0.2) is 14.8 Å². The van der Waals surface area contributed by atoms with Crippen LogP contribution in [0.15, 0.2) is 12.4 Å². The smallest absolute Gasteiger partial charge is 0.444 e. The van der Waals surface area contributed by atoms with Crippen LogP contribution in [-0.4, -0.2) is 70.6 Å². The van der Waals surface area contributed by atoms with E-state index in [1.54, 1.807) is 0 Å². The third kappa shape index (κ3) is 5.62. The molecule has 0 N–H and O–H groups in total. The van der Waals surface area contributed by atoms with Gasteiger partial charge >= 0.3 is 13.2 Å². The van der Waals surface area contributed by atoms with Crippen LogP contribution >= 0.6 is 0 Å². The molecule has 33 heavy (non-hydrogen) atoms.